The monoisotopic (exact) mass is 518 g/mol. The molecule has 3 aliphatic carbocycles. The van der Waals surface area contributed by atoms with Crippen molar-refractivity contribution in [3.8, 4) is 0 Å². The standard InChI is InChI=1S/C30H46O7/c1-17(19-13-26(33)34-16-19)9-12-30-22-6-5-20-14-21(36-27-8-7-24(31)18(2)35-27)10-11-28(20,3)23(22)15-25(32)29(30,4)37-30/h13,17-18,20-25,27,31-32H,5-12,14-16H2,1-4H3/t17?,18?,20-,21-,22+,23?,24?,25?,27?,28?,29?,30?/m0/s1. The van der Waals surface area contributed by atoms with Gasteiger partial charge in [0.25, 0.3) is 0 Å². The number of hydrogen-bond donors (Lipinski definition) is 2. The molecule has 0 bridgehead atoms. The van der Waals surface area contributed by atoms with E-state index in [1.165, 1.54) is 6.42 Å². The van der Waals surface area contributed by atoms with Crippen molar-refractivity contribution >= 4 is 5.97 Å². The van der Waals surface area contributed by atoms with Gasteiger partial charge in [-0.25, -0.2) is 4.79 Å². The van der Waals surface area contributed by atoms with Crippen LogP contribution in [-0.2, 0) is 23.7 Å². The van der Waals surface area contributed by atoms with E-state index in [2.05, 4.69) is 20.8 Å². The van der Waals surface area contributed by atoms with E-state index in [0.717, 1.165) is 63.4 Å². The molecule has 3 saturated carbocycles. The van der Waals surface area contributed by atoms with Gasteiger partial charge in [0.1, 0.15) is 17.8 Å². The topological polar surface area (TPSA) is 97.8 Å². The van der Waals surface area contributed by atoms with Crippen LogP contribution in [0.2, 0.25) is 0 Å². The summed E-state index contributed by atoms with van der Waals surface area (Å²) in [5.41, 5.74) is 0.548. The molecular formula is C30H46O7. The SMILES string of the molecule is CC(CCC12OC1(C)C(O)CC1[C@H]2CC[C@H]2C[C@@H](OC3CCC(O)C(C)O3)CCC12C)C1=CC(=O)OC1. The first-order valence-corrected chi connectivity index (χ1v) is 14.8. The Morgan fingerprint density at radius 3 is 2.65 bits per heavy atom. The summed E-state index contributed by atoms with van der Waals surface area (Å²) in [6, 6.07) is 0. The fourth-order valence-electron chi connectivity index (χ4n) is 9.11. The molecule has 9 unspecified atom stereocenters. The van der Waals surface area contributed by atoms with E-state index in [4.69, 9.17) is 18.9 Å². The number of aliphatic hydroxyl groups excluding tert-OH is 2. The molecule has 0 amide bonds. The number of rotatable bonds is 6. The zero-order valence-corrected chi connectivity index (χ0v) is 23.0. The fourth-order valence-corrected chi connectivity index (χ4v) is 9.11. The second-order valence-electron chi connectivity index (χ2n) is 13.6. The highest BCUT2D eigenvalue weighted by Crippen LogP contribution is 2.71. The molecule has 5 fully saturated rings. The van der Waals surface area contributed by atoms with E-state index < -0.39 is 11.7 Å². The van der Waals surface area contributed by atoms with Crippen molar-refractivity contribution < 1.29 is 34.0 Å². The number of carbonyl (C=O) groups is 1. The van der Waals surface area contributed by atoms with Crippen molar-refractivity contribution in [1.82, 2.24) is 0 Å². The van der Waals surface area contributed by atoms with Gasteiger partial charge in [0, 0.05) is 12.5 Å². The number of esters is 1. The summed E-state index contributed by atoms with van der Waals surface area (Å²) in [6.07, 6.45) is 10.3. The maximum absolute atomic E-state index is 11.6. The average Bonchev–Trinajstić information content (AvgIpc) is 3.28. The Balaban J connectivity index is 1.13. The molecule has 37 heavy (non-hydrogen) atoms. The molecule has 6 rings (SSSR count). The number of carbonyl (C=O) groups excluding carboxylic acids is 1. The fraction of sp³-hybridized carbons (Fsp3) is 0.900. The summed E-state index contributed by atoms with van der Waals surface area (Å²) in [6.45, 7) is 9.12. The first-order chi connectivity index (χ1) is 17.6. The van der Waals surface area contributed by atoms with Crippen LogP contribution in [0.25, 0.3) is 0 Å². The van der Waals surface area contributed by atoms with Crippen molar-refractivity contribution in [2.75, 3.05) is 6.61 Å². The van der Waals surface area contributed by atoms with Crippen LogP contribution in [0, 0.1) is 29.1 Å². The maximum atomic E-state index is 11.6. The minimum absolute atomic E-state index is 0.170. The Kier molecular flexibility index (Phi) is 6.59. The number of fused-ring (bicyclic) bond motifs is 5. The number of epoxide rings is 1. The molecule has 0 aromatic heterocycles. The number of hydrogen-bond acceptors (Lipinski definition) is 7. The molecule has 12 atom stereocenters. The smallest absolute Gasteiger partial charge is 0.331 e. The van der Waals surface area contributed by atoms with Crippen molar-refractivity contribution in [3.05, 3.63) is 11.6 Å². The van der Waals surface area contributed by atoms with Gasteiger partial charge < -0.3 is 29.2 Å². The van der Waals surface area contributed by atoms with E-state index in [-0.39, 0.29) is 47.5 Å². The summed E-state index contributed by atoms with van der Waals surface area (Å²) in [7, 11) is 0. The summed E-state index contributed by atoms with van der Waals surface area (Å²) >= 11 is 0. The molecule has 3 heterocycles. The molecule has 0 spiro atoms. The maximum Gasteiger partial charge on any atom is 0.331 e. The van der Waals surface area contributed by atoms with E-state index in [0.29, 0.717) is 24.4 Å². The van der Waals surface area contributed by atoms with Crippen molar-refractivity contribution in [2.24, 2.45) is 29.1 Å². The van der Waals surface area contributed by atoms with E-state index in [1.54, 1.807) is 6.08 Å². The average molecular weight is 519 g/mol. The molecule has 3 aliphatic heterocycles. The Morgan fingerprint density at radius 2 is 1.92 bits per heavy atom. The Hall–Kier alpha value is -0.990. The third-order valence-corrected chi connectivity index (χ3v) is 11.8. The lowest BCUT2D eigenvalue weighted by molar-refractivity contribution is -0.246. The van der Waals surface area contributed by atoms with Crippen molar-refractivity contribution in [2.45, 2.75) is 134 Å². The molecule has 2 saturated heterocycles. The zero-order valence-electron chi connectivity index (χ0n) is 23.0. The molecule has 0 aromatic carbocycles. The predicted molar refractivity (Wildman–Crippen MR) is 136 cm³/mol. The van der Waals surface area contributed by atoms with Crippen LogP contribution in [0.4, 0.5) is 0 Å². The summed E-state index contributed by atoms with van der Waals surface area (Å²) in [4.78, 5) is 11.6. The normalized spacial score (nSPS) is 51.8. The lowest BCUT2D eigenvalue weighted by atomic mass is 9.46. The van der Waals surface area contributed by atoms with Gasteiger partial charge in [-0.1, -0.05) is 13.8 Å². The lowest BCUT2D eigenvalue weighted by Crippen LogP contribution is -2.58. The molecule has 7 heteroatoms. The highest BCUT2D eigenvalue weighted by molar-refractivity contribution is 5.85. The largest absolute Gasteiger partial charge is 0.458 e. The number of cyclic esters (lactones) is 1. The third kappa shape index (κ3) is 4.23. The van der Waals surface area contributed by atoms with Crippen LogP contribution in [-0.4, -0.2) is 64.7 Å². The molecule has 6 aliphatic rings. The van der Waals surface area contributed by atoms with Crippen LogP contribution in [0.5, 0.6) is 0 Å². The van der Waals surface area contributed by atoms with E-state index in [9.17, 15) is 15.0 Å². The molecule has 2 N–H and O–H groups in total. The van der Waals surface area contributed by atoms with E-state index >= 15 is 0 Å². The molecule has 208 valence electrons. The van der Waals surface area contributed by atoms with Gasteiger partial charge >= 0.3 is 5.97 Å². The van der Waals surface area contributed by atoms with Crippen LogP contribution >= 0.6 is 0 Å². The highest BCUT2D eigenvalue weighted by Gasteiger charge is 2.78. The van der Waals surface area contributed by atoms with Crippen molar-refractivity contribution in [1.29, 1.82) is 0 Å². The van der Waals surface area contributed by atoms with Crippen LogP contribution in [0.3, 0.4) is 0 Å². The van der Waals surface area contributed by atoms with Gasteiger partial charge in [-0.2, -0.15) is 0 Å². The summed E-state index contributed by atoms with van der Waals surface area (Å²) in [5, 5.41) is 21.3. The Bertz CT molecular complexity index is 935. The first-order valence-electron chi connectivity index (χ1n) is 14.8. The number of ether oxygens (including phenoxy) is 4. The van der Waals surface area contributed by atoms with Crippen LogP contribution < -0.4 is 0 Å². The van der Waals surface area contributed by atoms with Gasteiger partial charge in [-0.05, 0) is 106 Å². The van der Waals surface area contributed by atoms with Gasteiger partial charge in [-0.3, -0.25) is 0 Å². The first kappa shape index (κ1) is 26.2. The molecule has 7 nitrogen and oxygen atoms in total. The quantitative estimate of drug-likeness (QED) is 0.308. The molecular weight excluding hydrogens is 472 g/mol. The van der Waals surface area contributed by atoms with Gasteiger partial charge in [0.2, 0.25) is 0 Å². The minimum Gasteiger partial charge on any atom is -0.458 e. The second kappa shape index (κ2) is 9.29. The third-order valence-electron chi connectivity index (χ3n) is 11.8. The van der Waals surface area contributed by atoms with E-state index in [1.807, 2.05) is 6.92 Å². The number of aliphatic hydroxyl groups is 2. The summed E-state index contributed by atoms with van der Waals surface area (Å²) < 4.78 is 24.1. The van der Waals surface area contributed by atoms with Crippen LogP contribution in [0.15, 0.2) is 11.6 Å². The zero-order chi connectivity index (χ0) is 26.2. The van der Waals surface area contributed by atoms with Crippen molar-refractivity contribution in [3.63, 3.8) is 0 Å². The van der Waals surface area contributed by atoms with Gasteiger partial charge in [-0.15, -0.1) is 0 Å². The minimum atomic E-state index is -0.451. The lowest BCUT2D eigenvalue weighted by Gasteiger charge is -2.58. The second-order valence-corrected chi connectivity index (χ2v) is 13.6. The summed E-state index contributed by atoms with van der Waals surface area (Å²) in [5.74, 6) is 1.54. The van der Waals surface area contributed by atoms with Gasteiger partial charge in [0.05, 0.1) is 24.4 Å². The Morgan fingerprint density at radius 1 is 1.11 bits per heavy atom. The molecule has 0 radical (unpaired) electrons. The Labute approximate surface area is 221 Å². The predicted octanol–water partition coefficient (Wildman–Crippen LogP) is 4.28. The highest BCUT2D eigenvalue weighted by atomic mass is 16.7. The van der Waals surface area contributed by atoms with Crippen LogP contribution in [0.1, 0.15) is 91.9 Å². The molecule has 0 aromatic rings. The van der Waals surface area contributed by atoms with Gasteiger partial charge in [0.15, 0.2) is 6.29 Å².